The van der Waals surface area contributed by atoms with Gasteiger partial charge >= 0.3 is 0 Å². The van der Waals surface area contributed by atoms with Crippen molar-refractivity contribution in [2.75, 3.05) is 5.75 Å². The Labute approximate surface area is 119 Å². The van der Waals surface area contributed by atoms with Crippen LogP contribution in [0.15, 0.2) is 43.0 Å². The third-order valence-corrected chi connectivity index (χ3v) is 4.00. The second kappa shape index (κ2) is 7.33. The van der Waals surface area contributed by atoms with Crippen molar-refractivity contribution in [3.8, 4) is 0 Å². The van der Waals surface area contributed by atoms with E-state index in [1.54, 1.807) is 0 Å². The zero-order valence-corrected chi connectivity index (χ0v) is 12.2. The highest BCUT2D eigenvalue weighted by molar-refractivity contribution is 7.89. The van der Waals surface area contributed by atoms with Crippen molar-refractivity contribution >= 4 is 16.3 Å². The summed E-state index contributed by atoms with van der Waals surface area (Å²) in [4.78, 5) is 10.7. The van der Waals surface area contributed by atoms with Gasteiger partial charge in [-0.3, -0.25) is 0 Å². The van der Waals surface area contributed by atoms with Crippen LogP contribution in [0.5, 0.6) is 0 Å². The molecule has 0 spiro atoms. The third kappa shape index (κ3) is 5.64. The summed E-state index contributed by atoms with van der Waals surface area (Å²) in [6.45, 7) is 5.13. The number of carbonyl (C=O) groups excluding carboxylic acids is 1. The first-order valence-corrected chi connectivity index (χ1v) is 7.80. The average Bonchev–Trinajstić information content (AvgIpc) is 2.37. The zero-order chi connectivity index (χ0) is 15.1. The molecule has 1 N–H and O–H groups in total. The van der Waals surface area contributed by atoms with Gasteiger partial charge in [0.1, 0.15) is 12.0 Å². The fraction of sp³-hybridized carbons (Fsp3) is 0.357. The lowest BCUT2D eigenvalue weighted by Gasteiger charge is -2.28. The maximum atomic E-state index is 11.8. The predicted octanol–water partition coefficient (Wildman–Crippen LogP) is 1.61. The Morgan fingerprint density at radius 2 is 2.00 bits per heavy atom. The minimum atomic E-state index is -3.57. The second-order valence-electron chi connectivity index (χ2n) is 4.55. The van der Waals surface area contributed by atoms with Gasteiger partial charge in [0.05, 0.1) is 12.4 Å². The topological polar surface area (TPSA) is 72.5 Å². The molecule has 1 rings (SSSR count). The lowest BCUT2D eigenvalue weighted by atomic mass is 10.2. The Morgan fingerprint density at radius 1 is 1.35 bits per heavy atom. The van der Waals surface area contributed by atoms with E-state index in [0.717, 1.165) is 5.56 Å². The zero-order valence-electron chi connectivity index (χ0n) is 11.4. The maximum absolute atomic E-state index is 11.8. The highest BCUT2D eigenvalue weighted by atomic mass is 32.2. The molecule has 1 atom stereocenters. The molecule has 0 aromatic heterocycles. The van der Waals surface area contributed by atoms with E-state index in [0.29, 0.717) is 6.29 Å². The van der Waals surface area contributed by atoms with Crippen molar-refractivity contribution in [1.29, 1.82) is 0 Å². The highest BCUT2D eigenvalue weighted by Crippen LogP contribution is 2.15. The van der Waals surface area contributed by atoms with Crippen LogP contribution in [0.3, 0.4) is 0 Å². The van der Waals surface area contributed by atoms with Gasteiger partial charge in [-0.25, -0.2) is 8.42 Å². The van der Waals surface area contributed by atoms with Crippen molar-refractivity contribution < 1.29 is 17.9 Å². The first-order valence-electron chi connectivity index (χ1n) is 6.15. The summed E-state index contributed by atoms with van der Waals surface area (Å²) in [5.74, 6) is -0.226. The summed E-state index contributed by atoms with van der Waals surface area (Å²) in [7, 11) is -3.57. The Bertz CT molecular complexity index is 542. The summed E-state index contributed by atoms with van der Waals surface area (Å²) in [5.41, 5.74) is -0.369. The monoisotopic (exact) mass is 297 g/mol. The minimum absolute atomic E-state index is 0.0732. The van der Waals surface area contributed by atoms with Crippen LogP contribution in [0, 0.1) is 0 Å². The molecule has 0 radical (unpaired) electrons. The number of aldehydes is 1. The van der Waals surface area contributed by atoms with Gasteiger partial charge in [-0.05, 0) is 12.5 Å². The lowest BCUT2D eigenvalue weighted by Crippen LogP contribution is -2.48. The normalized spacial score (nSPS) is 14.4. The number of hydrogen-bond donors (Lipinski definition) is 1. The molecule has 20 heavy (non-hydrogen) atoms. The van der Waals surface area contributed by atoms with Crippen LogP contribution in [0.2, 0.25) is 0 Å². The fourth-order valence-electron chi connectivity index (χ4n) is 1.63. The molecule has 1 aromatic rings. The Kier molecular flexibility index (Phi) is 6.06. The number of carbonyl (C=O) groups is 1. The van der Waals surface area contributed by atoms with E-state index in [2.05, 4.69) is 11.3 Å². The summed E-state index contributed by atoms with van der Waals surface area (Å²) in [6, 6.07) is 9.31. The van der Waals surface area contributed by atoms with Gasteiger partial charge in [0.15, 0.2) is 0 Å². The van der Waals surface area contributed by atoms with Gasteiger partial charge in [-0.1, -0.05) is 36.4 Å². The number of ether oxygens (including phenoxy) is 1. The molecular weight excluding hydrogens is 278 g/mol. The summed E-state index contributed by atoms with van der Waals surface area (Å²) in [6.07, 6.45) is 1.83. The van der Waals surface area contributed by atoms with Gasteiger partial charge in [0.25, 0.3) is 0 Å². The number of benzene rings is 1. The van der Waals surface area contributed by atoms with E-state index in [1.807, 2.05) is 30.3 Å². The van der Waals surface area contributed by atoms with E-state index in [-0.39, 0.29) is 18.8 Å². The molecule has 0 amide bonds. The second-order valence-corrected chi connectivity index (χ2v) is 6.32. The van der Waals surface area contributed by atoms with Crippen molar-refractivity contribution in [3.05, 3.63) is 48.6 Å². The highest BCUT2D eigenvalue weighted by Gasteiger charge is 2.29. The molecule has 0 aliphatic carbocycles. The Balaban J connectivity index is 2.76. The molecule has 0 saturated heterocycles. The molecule has 6 heteroatoms. The van der Waals surface area contributed by atoms with E-state index >= 15 is 0 Å². The van der Waals surface area contributed by atoms with Gasteiger partial charge in [0.2, 0.25) is 10.0 Å². The van der Waals surface area contributed by atoms with Crippen molar-refractivity contribution in [3.63, 3.8) is 0 Å². The summed E-state index contributed by atoms with van der Waals surface area (Å²) in [5, 5.41) is 0. The maximum Gasteiger partial charge on any atom is 0.217 e. The lowest BCUT2D eigenvalue weighted by molar-refractivity contribution is -0.116. The van der Waals surface area contributed by atoms with Crippen molar-refractivity contribution in [2.24, 2.45) is 0 Å². The molecule has 1 aromatic carbocycles. The van der Waals surface area contributed by atoms with Gasteiger partial charge < -0.3 is 9.53 Å². The van der Waals surface area contributed by atoms with Gasteiger partial charge in [-0.15, -0.1) is 6.58 Å². The van der Waals surface area contributed by atoms with Crippen molar-refractivity contribution in [1.82, 2.24) is 4.72 Å². The van der Waals surface area contributed by atoms with E-state index in [4.69, 9.17) is 4.74 Å². The fourth-order valence-corrected chi connectivity index (χ4v) is 2.83. The first kappa shape index (κ1) is 16.6. The molecule has 110 valence electrons. The quantitative estimate of drug-likeness (QED) is 0.427. The molecule has 0 aliphatic heterocycles. The SMILES string of the molecule is C=CCS(=O)(=O)NC(C)(CC=O)OCc1ccccc1. The largest absolute Gasteiger partial charge is 0.355 e. The number of sulfonamides is 1. The van der Waals surface area contributed by atoms with Crippen LogP contribution in [0.25, 0.3) is 0 Å². The third-order valence-electron chi connectivity index (χ3n) is 2.58. The van der Waals surface area contributed by atoms with Crippen LogP contribution in [-0.4, -0.2) is 26.2 Å². The average molecular weight is 297 g/mol. The van der Waals surface area contributed by atoms with Gasteiger partial charge in [-0.2, -0.15) is 4.72 Å². The molecule has 0 fully saturated rings. The predicted molar refractivity (Wildman–Crippen MR) is 77.4 cm³/mol. The van der Waals surface area contributed by atoms with E-state index in [1.165, 1.54) is 13.0 Å². The minimum Gasteiger partial charge on any atom is -0.355 e. The first-order chi connectivity index (χ1) is 9.41. The summed E-state index contributed by atoms with van der Waals surface area (Å²) < 4.78 is 31.5. The number of hydrogen-bond acceptors (Lipinski definition) is 4. The molecular formula is C14H19NO4S. The Morgan fingerprint density at radius 3 is 2.55 bits per heavy atom. The van der Waals surface area contributed by atoms with Gasteiger partial charge in [0, 0.05) is 6.42 Å². The molecule has 5 nitrogen and oxygen atoms in total. The van der Waals surface area contributed by atoms with Crippen LogP contribution in [0.1, 0.15) is 18.9 Å². The van der Waals surface area contributed by atoms with Crippen LogP contribution in [-0.2, 0) is 26.2 Å². The molecule has 0 bridgehead atoms. The van der Waals surface area contributed by atoms with Crippen LogP contribution < -0.4 is 4.72 Å². The Hall–Kier alpha value is -1.50. The molecule has 1 unspecified atom stereocenters. The standard InChI is InChI=1S/C14H19NO4S/c1-3-11-20(17,18)15-14(2,9-10-16)19-12-13-7-5-4-6-8-13/h3-8,10,15H,1,9,11-12H2,2H3. The molecule has 0 saturated carbocycles. The molecule has 0 aliphatic rings. The summed E-state index contributed by atoms with van der Waals surface area (Å²) >= 11 is 0. The van der Waals surface area contributed by atoms with Crippen molar-refractivity contribution in [2.45, 2.75) is 25.7 Å². The van der Waals surface area contributed by atoms with E-state index < -0.39 is 15.7 Å². The smallest absolute Gasteiger partial charge is 0.217 e. The molecule has 0 heterocycles. The van der Waals surface area contributed by atoms with Crippen LogP contribution in [0.4, 0.5) is 0 Å². The number of nitrogens with one attached hydrogen (secondary N) is 1. The van der Waals surface area contributed by atoms with E-state index in [9.17, 15) is 13.2 Å². The number of rotatable bonds is 9. The van der Waals surface area contributed by atoms with Crippen LogP contribution >= 0.6 is 0 Å².